The zero-order chi connectivity index (χ0) is 12.8. The Labute approximate surface area is 117 Å². The predicted octanol–water partition coefficient (Wildman–Crippen LogP) is 1.15. The molecule has 2 aliphatic heterocycles. The van der Waals surface area contributed by atoms with Gasteiger partial charge in [0.2, 0.25) is 10.0 Å². The van der Waals surface area contributed by atoms with Gasteiger partial charge in [0.05, 0.1) is 0 Å². The molecule has 0 unspecified atom stereocenters. The maximum atomic E-state index is 13.6. The fourth-order valence-electron chi connectivity index (χ4n) is 2.39. The highest BCUT2D eigenvalue weighted by Gasteiger charge is 2.34. The van der Waals surface area contributed by atoms with Crippen LogP contribution in [0.15, 0.2) is 40.3 Å². The van der Waals surface area contributed by atoms with E-state index in [0.29, 0.717) is 13.1 Å². The Morgan fingerprint density at radius 2 is 1.68 bits per heavy atom. The summed E-state index contributed by atoms with van der Waals surface area (Å²) >= 11 is 0. The molecule has 1 aromatic carbocycles. The molecule has 1 aromatic rings. The average molecular weight is 305 g/mol. The first kappa shape index (κ1) is 14.5. The van der Waals surface area contributed by atoms with Crippen molar-refractivity contribution < 1.29 is 12.8 Å². The van der Waals surface area contributed by atoms with Crippen molar-refractivity contribution in [1.82, 2.24) is 9.62 Å². The molecule has 0 bridgehead atoms. The van der Waals surface area contributed by atoms with Crippen LogP contribution < -0.4 is 5.32 Å². The fourth-order valence-corrected chi connectivity index (χ4v) is 3.89. The number of halogens is 2. The van der Waals surface area contributed by atoms with Crippen molar-refractivity contribution >= 4 is 22.4 Å². The highest BCUT2D eigenvalue weighted by molar-refractivity contribution is 7.89. The minimum absolute atomic E-state index is 0. The minimum atomic E-state index is -3.72. The van der Waals surface area contributed by atoms with Crippen molar-refractivity contribution in [3.05, 3.63) is 41.2 Å². The fraction of sp³-hybridized carbons (Fsp3) is 0.333. The molecule has 2 heterocycles. The summed E-state index contributed by atoms with van der Waals surface area (Å²) in [7, 11) is -3.72. The smallest absolute Gasteiger partial charge is 0.246 e. The van der Waals surface area contributed by atoms with E-state index in [1.165, 1.54) is 28.6 Å². The van der Waals surface area contributed by atoms with E-state index >= 15 is 0 Å². The first-order chi connectivity index (χ1) is 8.59. The molecule has 0 saturated carbocycles. The van der Waals surface area contributed by atoms with Crippen LogP contribution in [0, 0.1) is 5.82 Å². The van der Waals surface area contributed by atoms with Gasteiger partial charge in [0.15, 0.2) is 0 Å². The van der Waals surface area contributed by atoms with Gasteiger partial charge in [0.1, 0.15) is 10.7 Å². The summed E-state index contributed by atoms with van der Waals surface area (Å²) in [4.78, 5) is -0.237. The number of nitrogens with one attached hydrogen (secondary N) is 1. The van der Waals surface area contributed by atoms with Crippen LogP contribution in [0.1, 0.15) is 0 Å². The van der Waals surface area contributed by atoms with E-state index in [4.69, 9.17) is 0 Å². The standard InChI is InChI=1S/C12H13FN2O2S.ClH/c13-11-3-1-2-4-12(11)18(16,17)15-7-9-5-14-6-10(9)8-15;/h1-4,14H,5-8H2;1H. The predicted molar refractivity (Wildman–Crippen MR) is 72.3 cm³/mol. The van der Waals surface area contributed by atoms with Crippen molar-refractivity contribution in [3.63, 3.8) is 0 Å². The number of hydrogen-bond acceptors (Lipinski definition) is 3. The van der Waals surface area contributed by atoms with Crippen molar-refractivity contribution in [3.8, 4) is 0 Å². The van der Waals surface area contributed by atoms with Crippen molar-refractivity contribution in [2.24, 2.45) is 0 Å². The topological polar surface area (TPSA) is 49.4 Å². The maximum absolute atomic E-state index is 13.6. The van der Waals surface area contributed by atoms with Gasteiger partial charge in [-0.05, 0) is 23.3 Å². The molecule has 0 spiro atoms. The van der Waals surface area contributed by atoms with Crippen LogP contribution in [0.4, 0.5) is 4.39 Å². The Balaban J connectivity index is 0.00000133. The van der Waals surface area contributed by atoms with Crippen molar-refractivity contribution in [2.75, 3.05) is 26.2 Å². The molecule has 19 heavy (non-hydrogen) atoms. The van der Waals surface area contributed by atoms with Gasteiger partial charge in [-0.2, -0.15) is 4.31 Å². The van der Waals surface area contributed by atoms with Gasteiger partial charge in [-0.25, -0.2) is 12.8 Å². The Kier molecular flexibility index (Phi) is 3.96. The second kappa shape index (κ2) is 5.20. The van der Waals surface area contributed by atoms with Gasteiger partial charge in [0.25, 0.3) is 0 Å². The van der Waals surface area contributed by atoms with Crippen LogP contribution >= 0.6 is 12.4 Å². The Bertz CT molecular complexity index is 614. The Morgan fingerprint density at radius 3 is 2.26 bits per heavy atom. The highest BCUT2D eigenvalue weighted by Crippen LogP contribution is 2.27. The molecule has 3 rings (SSSR count). The summed E-state index contributed by atoms with van der Waals surface area (Å²) in [6.45, 7) is 2.22. The van der Waals surface area contributed by atoms with Crippen LogP contribution in [0.5, 0.6) is 0 Å². The molecule has 4 nitrogen and oxygen atoms in total. The van der Waals surface area contributed by atoms with E-state index in [2.05, 4.69) is 5.32 Å². The average Bonchev–Trinajstić information content (AvgIpc) is 2.89. The number of nitrogens with zero attached hydrogens (tertiary/aromatic N) is 1. The summed E-state index contributed by atoms with van der Waals surface area (Å²) < 4.78 is 39.6. The second-order valence-electron chi connectivity index (χ2n) is 4.51. The molecule has 0 atom stereocenters. The quantitative estimate of drug-likeness (QED) is 0.834. The lowest BCUT2D eigenvalue weighted by molar-refractivity contribution is 0.466. The summed E-state index contributed by atoms with van der Waals surface area (Å²) in [5.74, 6) is -0.692. The number of benzene rings is 1. The Morgan fingerprint density at radius 1 is 1.11 bits per heavy atom. The number of hydrogen-bond donors (Lipinski definition) is 1. The molecule has 2 aliphatic rings. The van der Waals surface area contributed by atoms with E-state index < -0.39 is 15.8 Å². The Hall–Kier alpha value is -0.950. The third-order valence-electron chi connectivity index (χ3n) is 3.37. The third-order valence-corrected chi connectivity index (χ3v) is 5.19. The van der Waals surface area contributed by atoms with Crippen molar-refractivity contribution in [1.29, 1.82) is 0 Å². The van der Waals surface area contributed by atoms with Crippen LogP contribution in [0.25, 0.3) is 0 Å². The largest absolute Gasteiger partial charge is 0.309 e. The lowest BCUT2D eigenvalue weighted by Gasteiger charge is -2.18. The molecule has 0 fully saturated rings. The van der Waals surface area contributed by atoms with Gasteiger partial charge >= 0.3 is 0 Å². The second-order valence-corrected chi connectivity index (χ2v) is 6.42. The van der Waals surface area contributed by atoms with E-state index in [0.717, 1.165) is 24.2 Å². The van der Waals surface area contributed by atoms with E-state index in [1.54, 1.807) is 0 Å². The third kappa shape index (κ3) is 2.41. The zero-order valence-corrected chi connectivity index (χ0v) is 11.7. The van der Waals surface area contributed by atoms with E-state index in [1.807, 2.05) is 0 Å². The molecular formula is C12H14ClFN2O2S. The lowest BCUT2D eigenvalue weighted by Crippen LogP contribution is -2.33. The van der Waals surface area contributed by atoms with Crippen LogP contribution in [0.2, 0.25) is 0 Å². The monoisotopic (exact) mass is 304 g/mol. The molecule has 104 valence electrons. The molecule has 0 radical (unpaired) electrons. The molecule has 0 aliphatic carbocycles. The first-order valence-corrected chi connectivity index (χ1v) is 7.18. The van der Waals surface area contributed by atoms with Gasteiger partial charge in [-0.15, -0.1) is 12.4 Å². The highest BCUT2D eigenvalue weighted by atomic mass is 35.5. The summed E-state index contributed by atoms with van der Waals surface area (Å²) in [6, 6.07) is 5.51. The molecule has 0 aromatic heterocycles. The van der Waals surface area contributed by atoms with Gasteiger partial charge in [-0.3, -0.25) is 0 Å². The normalized spacial score (nSPS) is 19.4. The molecule has 0 saturated heterocycles. The number of sulfonamides is 1. The van der Waals surface area contributed by atoms with Gasteiger partial charge in [0, 0.05) is 26.2 Å². The van der Waals surface area contributed by atoms with Crippen LogP contribution in [-0.4, -0.2) is 38.9 Å². The SMILES string of the molecule is Cl.O=S(=O)(c1ccccc1F)N1CC2=C(CNC2)C1. The van der Waals surface area contributed by atoms with E-state index in [9.17, 15) is 12.8 Å². The molecule has 7 heteroatoms. The van der Waals surface area contributed by atoms with E-state index in [-0.39, 0.29) is 17.3 Å². The molecular weight excluding hydrogens is 291 g/mol. The maximum Gasteiger partial charge on any atom is 0.246 e. The molecule has 0 amide bonds. The lowest BCUT2D eigenvalue weighted by atomic mass is 10.2. The molecule has 1 N–H and O–H groups in total. The van der Waals surface area contributed by atoms with Crippen LogP contribution in [0.3, 0.4) is 0 Å². The summed E-state index contributed by atoms with van der Waals surface area (Å²) in [5, 5.41) is 3.18. The van der Waals surface area contributed by atoms with Gasteiger partial charge in [-0.1, -0.05) is 12.1 Å². The van der Waals surface area contributed by atoms with Crippen LogP contribution in [-0.2, 0) is 10.0 Å². The van der Waals surface area contributed by atoms with Crippen molar-refractivity contribution in [2.45, 2.75) is 4.90 Å². The zero-order valence-electron chi connectivity index (χ0n) is 10.1. The number of rotatable bonds is 2. The summed E-state index contributed by atoms with van der Waals surface area (Å²) in [6.07, 6.45) is 0. The van der Waals surface area contributed by atoms with Gasteiger partial charge < -0.3 is 5.32 Å². The minimum Gasteiger partial charge on any atom is -0.309 e. The summed E-state index contributed by atoms with van der Waals surface area (Å²) in [5.41, 5.74) is 2.24. The first-order valence-electron chi connectivity index (χ1n) is 5.74.